The number of rotatable bonds is 2. The van der Waals surface area contributed by atoms with Crippen LogP contribution in [-0.4, -0.2) is 10.5 Å². The Kier molecular flexibility index (Phi) is 2.66. The molecule has 1 aromatic rings. The molecule has 0 saturated carbocycles. The van der Waals surface area contributed by atoms with Crippen molar-refractivity contribution in [2.24, 2.45) is 0 Å². The van der Waals surface area contributed by atoms with Crippen LogP contribution in [0.2, 0.25) is 0 Å². The van der Waals surface area contributed by atoms with Gasteiger partial charge in [0.2, 0.25) is 0 Å². The van der Waals surface area contributed by atoms with Crippen LogP contribution in [0.5, 0.6) is 0 Å². The first-order chi connectivity index (χ1) is 6.44. The number of nitrogens with one attached hydrogen (secondary N) is 1. The second kappa shape index (κ2) is 3.59. The molecule has 0 spiro atoms. The average molecular weight is 189 g/mol. The molecule has 0 aromatic carbocycles. The molecule has 1 heterocycles. The van der Waals surface area contributed by atoms with Crippen molar-refractivity contribution in [3.05, 3.63) is 17.8 Å². The van der Waals surface area contributed by atoms with Gasteiger partial charge in [0.15, 0.2) is 0 Å². The summed E-state index contributed by atoms with van der Waals surface area (Å²) in [6.07, 6.45) is 6.98. The zero-order chi connectivity index (χ0) is 10.8. The van der Waals surface area contributed by atoms with Crippen LogP contribution in [0.3, 0.4) is 0 Å². The van der Waals surface area contributed by atoms with Gasteiger partial charge >= 0.3 is 0 Å². The molecule has 1 aromatic heterocycles. The fraction of sp³-hybridized carbons (Fsp3) is 0.364. The van der Waals surface area contributed by atoms with Crippen molar-refractivity contribution in [3.63, 3.8) is 0 Å². The van der Waals surface area contributed by atoms with E-state index in [1.165, 1.54) is 0 Å². The Labute approximate surface area is 84.7 Å². The zero-order valence-corrected chi connectivity index (χ0v) is 8.76. The molecule has 0 radical (unpaired) electrons. The van der Waals surface area contributed by atoms with Crippen molar-refractivity contribution in [3.8, 4) is 12.3 Å². The Balaban J connectivity index is 2.94. The van der Waals surface area contributed by atoms with Gasteiger partial charge in [0, 0.05) is 0 Å². The molecule has 0 atom stereocenters. The van der Waals surface area contributed by atoms with Crippen molar-refractivity contribution in [1.29, 1.82) is 0 Å². The number of terminal acetylenes is 1. The molecule has 3 N–H and O–H groups in total. The monoisotopic (exact) mass is 189 g/mol. The van der Waals surface area contributed by atoms with Crippen molar-refractivity contribution in [2.45, 2.75) is 26.3 Å². The molecule has 0 saturated heterocycles. The van der Waals surface area contributed by atoms with Gasteiger partial charge in [0.25, 0.3) is 0 Å². The maximum Gasteiger partial charge on any atom is 0.130 e. The number of hydrogen-bond acceptors (Lipinski definition) is 3. The maximum absolute atomic E-state index is 5.59. The van der Waals surface area contributed by atoms with Crippen LogP contribution in [0.25, 0.3) is 0 Å². The number of aromatic nitrogens is 1. The summed E-state index contributed by atoms with van der Waals surface area (Å²) in [5.41, 5.74) is 6.85. The molecular formula is C11H15N3. The number of nitrogen functional groups attached to an aromatic ring is 1. The van der Waals surface area contributed by atoms with Crippen molar-refractivity contribution < 1.29 is 0 Å². The van der Waals surface area contributed by atoms with Gasteiger partial charge in [-0.1, -0.05) is 5.92 Å². The average Bonchev–Trinajstić information content (AvgIpc) is 2.10. The Morgan fingerprint density at radius 2 is 2.21 bits per heavy atom. The molecular weight excluding hydrogens is 174 g/mol. The number of anilines is 2. The first-order valence-electron chi connectivity index (χ1n) is 4.43. The Morgan fingerprint density at radius 3 is 2.71 bits per heavy atom. The summed E-state index contributed by atoms with van der Waals surface area (Å²) in [6, 6.07) is 1.86. The highest BCUT2D eigenvalue weighted by Crippen LogP contribution is 2.17. The predicted molar refractivity (Wildman–Crippen MR) is 59.9 cm³/mol. The molecule has 1 rings (SSSR count). The van der Waals surface area contributed by atoms with Crippen LogP contribution < -0.4 is 11.1 Å². The van der Waals surface area contributed by atoms with Gasteiger partial charge in [-0.15, -0.1) is 6.42 Å². The molecule has 74 valence electrons. The highest BCUT2D eigenvalue weighted by atomic mass is 15.0. The van der Waals surface area contributed by atoms with E-state index in [9.17, 15) is 0 Å². The standard InChI is InChI=1S/C11H15N3/c1-5-11(3,4)14-10-8(2)6-9(12)7-13-10/h1,6-7H,12H2,2-4H3,(H,13,14). The van der Waals surface area contributed by atoms with Gasteiger partial charge in [0.05, 0.1) is 17.4 Å². The third kappa shape index (κ3) is 2.40. The topological polar surface area (TPSA) is 50.9 Å². The van der Waals surface area contributed by atoms with Crippen LogP contribution in [0, 0.1) is 19.3 Å². The molecule has 0 amide bonds. The predicted octanol–water partition coefficient (Wildman–Crippen LogP) is 1.80. The summed E-state index contributed by atoms with van der Waals surface area (Å²) in [6.45, 7) is 5.78. The number of aryl methyl sites for hydroxylation is 1. The van der Waals surface area contributed by atoms with Crippen LogP contribution >= 0.6 is 0 Å². The van der Waals surface area contributed by atoms with Crippen molar-refractivity contribution in [2.75, 3.05) is 11.1 Å². The summed E-state index contributed by atoms with van der Waals surface area (Å²) < 4.78 is 0. The Bertz CT molecular complexity index is 375. The van der Waals surface area contributed by atoms with Crippen molar-refractivity contribution >= 4 is 11.5 Å². The zero-order valence-electron chi connectivity index (χ0n) is 8.76. The lowest BCUT2D eigenvalue weighted by Crippen LogP contribution is -2.29. The summed E-state index contributed by atoms with van der Waals surface area (Å²) in [4.78, 5) is 4.18. The van der Waals surface area contributed by atoms with E-state index in [1.807, 2.05) is 26.8 Å². The third-order valence-corrected chi connectivity index (χ3v) is 1.89. The highest BCUT2D eigenvalue weighted by Gasteiger charge is 2.14. The molecule has 0 aliphatic rings. The Morgan fingerprint density at radius 1 is 1.57 bits per heavy atom. The Hall–Kier alpha value is -1.69. The number of nitrogens with zero attached hydrogens (tertiary/aromatic N) is 1. The van der Waals surface area contributed by atoms with Gasteiger partial charge in [0.1, 0.15) is 5.82 Å². The van der Waals surface area contributed by atoms with Crippen molar-refractivity contribution in [1.82, 2.24) is 4.98 Å². The lowest BCUT2D eigenvalue weighted by molar-refractivity contribution is 0.734. The SMILES string of the molecule is C#CC(C)(C)Nc1ncc(N)cc1C. The minimum Gasteiger partial charge on any atom is -0.397 e. The first-order valence-corrected chi connectivity index (χ1v) is 4.43. The van der Waals surface area contributed by atoms with Gasteiger partial charge in [-0.3, -0.25) is 0 Å². The summed E-state index contributed by atoms with van der Waals surface area (Å²) in [5, 5.41) is 3.16. The first kappa shape index (κ1) is 10.4. The lowest BCUT2D eigenvalue weighted by Gasteiger charge is -2.21. The van der Waals surface area contributed by atoms with Crippen LogP contribution in [0.15, 0.2) is 12.3 Å². The molecule has 0 bridgehead atoms. The molecule has 0 unspecified atom stereocenters. The van der Waals surface area contributed by atoms with E-state index >= 15 is 0 Å². The smallest absolute Gasteiger partial charge is 0.130 e. The number of nitrogens with two attached hydrogens (primary N) is 1. The van der Waals surface area contributed by atoms with E-state index in [4.69, 9.17) is 12.2 Å². The van der Waals surface area contributed by atoms with Gasteiger partial charge in [-0.2, -0.15) is 0 Å². The normalized spacial score (nSPS) is 10.7. The largest absolute Gasteiger partial charge is 0.397 e. The minimum absolute atomic E-state index is 0.395. The third-order valence-electron chi connectivity index (χ3n) is 1.89. The summed E-state index contributed by atoms with van der Waals surface area (Å²) >= 11 is 0. The van der Waals surface area contributed by atoms with E-state index in [0.29, 0.717) is 5.69 Å². The quantitative estimate of drug-likeness (QED) is 0.697. The van der Waals surface area contributed by atoms with Gasteiger partial charge in [-0.05, 0) is 32.4 Å². The van der Waals surface area contributed by atoms with Gasteiger partial charge in [-0.25, -0.2) is 4.98 Å². The molecule has 0 fully saturated rings. The van der Waals surface area contributed by atoms with E-state index in [2.05, 4.69) is 16.2 Å². The fourth-order valence-electron chi connectivity index (χ4n) is 1.06. The molecule has 0 aliphatic heterocycles. The summed E-state index contributed by atoms with van der Waals surface area (Å²) in [7, 11) is 0. The summed E-state index contributed by atoms with van der Waals surface area (Å²) in [5.74, 6) is 3.43. The number of hydrogen-bond donors (Lipinski definition) is 2. The lowest BCUT2D eigenvalue weighted by atomic mass is 10.1. The van der Waals surface area contributed by atoms with E-state index in [-0.39, 0.29) is 0 Å². The molecule has 0 aliphatic carbocycles. The molecule has 14 heavy (non-hydrogen) atoms. The van der Waals surface area contributed by atoms with E-state index in [1.54, 1.807) is 6.20 Å². The molecule has 3 nitrogen and oxygen atoms in total. The fourth-order valence-corrected chi connectivity index (χ4v) is 1.06. The van der Waals surface area contributed by atoms with Gasteiger partial charge < -0.3 is 11.1 Å². The highest BCUT2D eigenvalue weighted by molar-refractivity contribution is 5.53. The van der Waals surface area contributed by atoms with Crippen LogP contribution in [-0.2, 0) is 0 Å². The molecule has 3 heteroatoms. The van der Waals surface area contributed by atoms with Crippen LogP contribution in [0.1, 0.15) is 19.4 Å². The number of pyridine rings is 1. The van der Waals surface area contributed by atoms with E-state index < -0.39 is 5.54 Å². The van der Waals surface area contributed by atoms with E-state index in [0.717, 1.165) is 11.4 Å². The van der Waals surface area contributed by atoms with Crippen LogP contribution in [0.4, 0.5) is 11.5 Å². The second-order valence-electron chi connectivity index (χ2n) is 3.83. The minimum atomic E-state index is -0.395. The second-order valence-corrected chi connectivity index (χ2v) is 3.83. The maximum atomic E-state index is 5.59.